The van der Waals surface area contributed by atoms with Gasteiger partial charge in [-0.15, -0.1) is 0 Å². The molecule has 2 heterocycles. The third kappa shape index (κ3) is 2.59. The van der Waals surface area contributed by atoms with Gasteiger partial charge in [0.25, 0.3) is 5.56 Å². The maximum atomic E-state index is 12.7. The van der Waals surface area contributed by atoms with Gasteiger partial charge in [0.2, 0.25) is 0 Å². The summed E-state index contributed by atoms with van der Waals surface area (Å²) in [5.41, 5.74) is -3.51. The first-order valence-electron chi connectivity index (χ1n) is 5.91. The van der Waals surface area contributed by atoms with E-state index >= 15 is 0 Å². The van der Waals surface area contributed by atoms with Crippen molar-refractivity contribution in [3.8, 4) is 0 Å². The Balaban J connectivity index is 2.78. The SMILES string of the molecule is COC(=O)Cn1c(=O)c2ccc(C(F)(F)F)nc2n(C)c1=O. The van der Waals surface area contributed by atoms with Gasteiger partial charge in [-0.05, 0) is 12.1 Å². The maximum absolute atomic E-state index is 12.7. The van der Waals surface area contributed by atoms with Crippen molar-refractivity contribution in [1.29, 1.82) is 0 Å². The number of hydrogen-bond donors (Lipinski definition) is 0. The fourth-order valence-corrected chi connectivity index (χ4v) is 1.87. The summed E-state index contributed by atoms with van der Waals surface area (Å²) in [5, 5.41) is -0.209. The molecule has 118 valence electrons. The Morgan fingerprint density at radius 3 is 2.50 bits per heavy atom. The van der Waals surface area contributed by atoms with E-state index in [-0.39, 0.29) is 5.39 Å². The average Bonchev–Trinajstić information content (AvgIpc) is 2.47. The number of carbonyl (C=O) groups excluding carboxylic acids is 1. The Hall–Kier alpha value is -2.65. The van der Waals surface area contributed by atoms with Crippen LogP contribution in [-0.4, -0.2) is 27.2 Å². The monoisotopic (exact) mass is 317 g/mol. The lowest BCUT2D eigenvalue weighted by atomic mass is 10.2. The van der Waals surface area contributed by atoms with Crippen molar-refractivity contribution in [3.05, 3.63) is 38.7 Å². The number of ether oxygens (including phenoxy) is 1. The van der Waals surface area contributed by atoms with Crippen LogP contribution in [0.25, 0.3) is 11.0 Å². The molecule has 0 aliphatic heterocycles. The molecule has 0 radical (unpaired) electrons. The van der Waals surface area contributed by atoms with Crippen molar-refractivity contribution in [1.82, 2.24) is 14.1 Å². The minimum absolute atomic E-state index is 0.209. The number of pyridine rings is 1. The minimum Gasteiger partial charge on any atom is -0.468 e. The Kier molecular flexibility index (Phi) is 3.77. The summed E-state index contributed by atoms with van der Waals surface area (Å²) in [6, 6.07) is 1.55. The standard InChI is InChI=1S/C12H10F3N3O4/c1-17-9-6(3-4-7(16-9)12(13,14)15)10(20)18(11(17)21)5-8(19)22-2/h3-4H,5H2,1-2H3. The van der Waals surface area contributed by atoms with Crippen LogP contribution in [0, 0.1) is 0 Å². The summed E-state index contributed by atoms with van der Waals surface area (Å²) in [4.78, 5) is 38.7. The normalized spacial score (nSPS) is 11.7. The number of rotatable bonds is 2. The van der Waals surface area contributed by atoms with Gasteiger partial charge < -0.3 is 4.74 Å². The summed E-state index contributed by atoms with van der Waals surface area (Å²) in [6.45, 7) is -0.640. The van der Waals surface area contributed by atoms with Crippen LogP contribution >= 0.6 is 0 Å². The van der Waals surface area contributed by atoms with Crippen LogP contribution in [0.15, 0.2) is 21.7 Å². The zero-order valence-corrected chi connectivity index (χ0v) is 11.5. The van der Waals surface area contributed by atoms with Gasteiger partial charge in [-0.2, -0.15) is 13.2 Å². The largest absolute Gasteiger partial charge is 0.468 e. The lowest BCUT2D eigenvalue weighted by Crippen LogP contribution is -2.41. The zero-order chi connectivity index (χ0) is 16.7. The minimum atomic E-state index is -4.70. The Labute approximate surface area is 120 Å². The molecule has 0 unspecified atom stereocenters. The maximum Gasteiger partial charge on any atom is 0.433 e. The van der Waals surface area contributed by atoms with Crippen molar-refractivity contribution in [2.45, 2.75) is 12.7 Å². The highest BCUT2D eigenvalue weighted by Gasteiger charge is 2.33. The third-order valence-corrected chi connectivity index (χ3v) is 2.99. The number of nitrogens with zero attached hydrogens (tertiary/aromatic N) is 3. The number of hydrogen-bond acceptors (Lipinski definition) is 5. The molecular formula is C12H10F3N3O4. The Morgan fingerprint density at radius 2 is 1.95 bits per heavy atom. The molecule has 0 aromatic carbocycles. The topological polar surface area (TPSA) is 83.2 Å². The van der Waals surface area contributed by atoms with Crippen molar-refractivity contribution >= 4 is 17.0 Å². The first kappa shape index (κ1) is 15.7. The molecule has 0 spiro atoms. The smallest absolute Gasteiger partial charge is 0.433 e. The molecule has 0 bridgehead atoms. The second-order valence-corrected chi connectivity index (χ2v) is 4.37. The number of aryl methyl sites for hydroxylation is 1. The summed E-state index contributed by atoms with van der Waals surface area (Å²) in [6.07, 6.45) is -4.70. The lowest BCUT2D eigenvalue weighted by Gasteiger charge is -2.11. The fourth-order valence-electron chi connectivity index (χ4n) is 1.87. The first-order valence-corrected chi connectivity index (χ1v) is 5.91. The molecule has 0 aliphatic rings. The first-order chi connectivity index (χ1) is 10.2. The summed E-state index contributed by atoms with van der Waals surface area (Å²) in [5.74, 6) is -0.835. The third-order valence-electron chi connectivity index (χ3n) is 2.99. The highest BCUT2D eigenvalue weighted by molar-refractivity contribution is 5.75. The average molecular weight is 317 g/mol. The van der Waals surface area contributed by atoms with Gasteiger partial charge in [-0.25, -0.2) is 14.3 Å². The predicted molar refractivity (Wildman–Crippen MR) is 68.3 cm³/mol. The lowest BCUT2D eigenvalue weighted by molar-refractivity contribution is -0.142. The highest BCUT2D eigenvalue weighted by Crippen LogP contribution is 2.28. The second-order valence-electron chi connectivity index (χ2n) is 4.37. The van der Waals surface area contributed by atoms with E-state index in [4.69, 9.17) is 0 Å². The van der Waals surface area contributed by atoms with Gasteiger partial charge in [-0.1, -0.05) is 0 Å². The zero-order valence-electron chi connectivity index (χ0n) is 11.5. The molecule has 22 heavy (non-hydrogen) atoms. The van der Waals surface area contributed by atoms with Crippen molar-refractivity contribution in [2.24, 2.45) is 7.05 Å². The predicted octanol–water partition coefficient (Wildman–Crippen LogP) is 0.287. The van der Waals surface area contributed by atoms with Crippen LogP contribution in [0.2, 0.25) is 0 Å². The molecule has 2 aromatic heterocycles. The van der Waals surface area contributed by atoms with Gasteiger partial charge in [0.05, 0.1) is 12.5 Å². The number of carbonyl (C=O) groups is 1. The molecule has 0 N–H and O–H groups in total. The van der Waals surface area contributed by atoms with Crippen LogP contribution in [0.4, 0.5) is 13.2 Å². The summed E-state index contributed by atoms with van der Waals surface area (Å²) in [7, 11) is 2.24. The quantitative estimate of drug-likeness (QED) is 0.743. The van der Waals surface area contributed by atoms with Gasteiger partial charge in [0.15, 0.2) is 0 Å². The van der Waals surface area contributed by atoms with E-state index < -0.39 is 41.3 Å². The van der Waals surface area contributed by atoms with Gasteiger partial charge in [0.1, 0.15) is 17.9 Å². The molecule has 0 saturated heterocycles. The van der Waals surface area contributed by atoms with Gasteiger partial charge in [-0.3, -0.25) is 14.2 Å². The number of fused-ring (bicyclic) bond motifs is 1. The van der Waals surface area contributed by atoms with E-state index in [9.17, 15) is 27.6 Å². The number of esters is 1. The van der Waals surface area contributed by atoms with Crippen molar-refractivity contribution in [2.75, 3.05) is 7.11 Å². The van der Waals surface area contributed by atoms with Crippen LogP contribution in [0.3, 0.4) is 0 Å². The molecule has 2 aromatic rings. The van der Waals surface area contributed by atoms with Gasteiger partial charge >= 0.3 is 17.8 Å². The summed E-state index contributed by atoms with van der Waals surface area (Å²) >= 11 is 0. The van der Waals surface area contributed by atoms with Crippen LogP contribution in [0.1, 0.15) is 5.69 Å². The van der Waals surface area contributed by atoms with E-state index in [0.29, 0.717) is 10.6 Å². The van der Waals surface area contributed by atoms with E-state index in [1.807, 2.05) is 0 Å². The molecule has 0 amide bonds. The van der Waals surface area contributed by atoms with Crippen LogP contribution in [-0.2, 0) is 29.3 Å². The molecule has 0 atom stereocenters. The van der Waals surface area contributed by atoms with Crippen molar-refractivity contribution < 1.29 is 22.7 Å². The number of halogens is 3. The molecule has 10 heteroatoms. The summed E-state index contributed by atoms with van der Waals surface area (Å²) < 4.78 is 43.7. The second kappa shape index (κ2) is 5.28. The number of alkyl halides is 3. The van der Waals surface area contributed by atoms with Crippen molar-refractivity contribution in [3.63, 3.8) is 0 Å². The molecule has 2 rings (SSSR count). The molecular weight excluding hydrogens is 307 g/mol. The van der Waals surface area contributed by atoms with E-state index in [1.54, 1.807) is 0 Å². The molecule has 7 nitrogen and oxygen atoms in total. The molecule has 0 fully saturated rings. The molecule has 0 aliphatic carbocycles. The number of aromatic nitrogens is 3. The van der Waals surface area contributed by atoms with Crippen LogP contribution < -0.4 is 11.2 Å². The van der Waals surface area contributed by atoms with Gasteiger partial charge in [0, 0.05) is 7.05 Å². The van der Waals surface area contributed by atoms with Crippen LogP contribution in [0.5, 0.6) is 0 Å². The highest BCUT2D eigenvalue weighted by atomic mass is 19.4. The Morgan fingerprint density at radius 1 is 1.32 bits per heavy atom. The Bertz CT molecular complexity index is 867. The van der Waals surface area contributed by atoms with E-state index in [1.165, 1.54) is 0 Å². The van der Waals surface area contributed by atoms with E-state index in [2.05, 4.69) is 9.72 Å². The number of methoxy groups -OCH3 is 1. The van der Waals surface area contributed by atoms with E-state index in [0.717, 1.165) is 24.8 Å². The molecule has 0 saturated carbocycles. The fraction of sp³-hybridized carbons (Fsp3) is 0.333.